The molecular formula is C39H46BN2O4P. The van der Waals surface area contributed by atoms with Gasteiger partial charge in [-0.15, -0.1) is 0 Å². The van der Waals surface area contributed by atoms with E-state index in [9.17, 15) is 9.59 Å². The highest BCUT2D eigenvalue weighted by Gasteiger charge is 2.55. The van der Waals surface area contributed by atoms with Gasteiger partial charge in [-0.1, -0.05) is 82.3 Å². The third-order valence-electron chi connectivity index (χ3n) is 10.5. The van der Waals surface area contributed by atoms with Crippen molar-refractivity contribution in [2.24, 2.45) is 5.41 Å². The van der Waals surface area contributed by atoms with Crippen LogP contribution in [-0.2, 0) is 38.4 Å². The highest BCUT2D eigenvalue weighted by atomic mass is 31.1. The van der Waals surface area contributed by atoms with E-state index in [1.54, 1.807) is 0 Å². The number of anilines is 2. The van der Waals surface area contributed by atoms with Crippen molar-refractivity contribution in [2.75, 3.05) is 23.6 Å². The summed E-state index contributed by atoms with van der Waals surface area (Å²) in [5.41, 5.74) is 10.1. The normalized spacial score (nSPS) is 15.2. The number of ether oxygens (including phenoxy) is 2. The molecule has 0 aromatic heterocycles. The molecule has 0 saturated carbocycles. The number of methoxy groups -OCH3 is 2. The standard InChI is InChI=1S/C39H46BN2O4P/c1-24(2)47(25(3)4)42-34-20-14-18-30-17-13-19-33(35(30)34)41(23-29-15-11-10-12-16-29)40(42)36-27(6)26(5)31-21-39(37(43)45-8,38(44)46-9)22-32(31)28(36)7/h10-20,24-25H,21-23H2,1-9H3. The second-order valence-corrected chi connectivity index (χ2v) is 17.0. The van der Waals surface area contributed by atoms with Crippen molar-refractivity contribution in [3.05, 3.63) is 100 Å². The van der Waals surface area contributed by atoms with Gasteiger partial charge in [0.1, 0.15) is 0 Å². The van der Waals surface area contributed by atoms with Gasteiger partial charge in [0.25, 0.3) is 0 Å². The third kappa shape index (κ3) is 5.22. The molecular weight excluding hydrogens is 602 g/mol. The van der Waals surface area contributed by atoms with Gasteiger partial charge in [0.2, 0.25) is 0 Å². The minimum atomic E-state index is -1.39. The molecule has 6 rings (SSSR count). The Balaban J connectivity index is 1.67. The van der Waals surface area contributed by atoms with E-state index in [4.69, 9.17) is 9.47 Å². The van der Waals surface area contributed by atoms with Crippen LogP contribution in [-0.4, -0.2) is 44.5 Å². The third-order valence-corrected chi connectivity index (χ3v) is 13.5. The average molecular weight is 649 g/mol. The zero-order chi connectivity index (χ0) is 33.8. The smallest absolute Gasteiger partial charge is 0.415 e. The van der Waals surface area contributed by atoms with Crippen molar-refractivity contribution in [1.82, 2.24) is 0 Å². The Hall–Kier alpha value is -3.83. The quantitative estimate of drug-likeness (QED) is 0.0848. The molecule has 47 heavy (non-hydrogen) atoms. The maximum atomic E-state index is 13.4. The number of benzene rings is 4. The molecule has 1 heterocycles. The van der Waals surface area contributed by atoms with Crippen LogP contribution in [0.25, 0.3) is 10.8 Å². The molecule has 0 N–H and O–H groups in total. The largest absolute Gasteiger partial charge is 0.468 e. The Kier molecular flexibility index (Phi) is 8.91. The lowest BCUT2D eigenvalue weighted by atomic mass is 9.58. The van der Waals surface area contributed by atoms with Gasteiger partial charge in [-0.25, -0.2) is 0 Å². The van der Waals surface area contributed by atoms with E-state index in [0.29, 0.717) is 11.3 Å². The monoisotopic (exact) mass is 648 g/mol. The first-order chi connectivity index (χ1) is 22.5. The van der Waals surface area contributed by atoms with Crippen LogP contribution in [0.4, 0.5) is 11.4 Å². The molecule has 4 aromatic rings. The van der Waals surface area contributed by atoms with Crippen molar-refractivity contribution in [1.29, 1.82) is 0 Å². The van der Waals surface area contributed by atoms with Gasteiger partial charge in [0.05, 0.1) is 14.2 Å². The summed E-state index contributed by atoms with van der Waals surface area (Å²) >= 11 is 0. The van der Waals surface area contributed by atoms with Crippen molar-refractivity contribution in [3.63, 3.8) is 0 Å². The summed E-state index contributed by atoms with van der Waals surface area (Å²) in [6, 6.07) is 24.1. The fourth-order valence-corrected chi connectivity index (χ4v) is 11.4. The van der Waals surface area contributed by atoms with Gasteiger partial charge < -0.3 is 18.9 Å². The predicted molar refractivity (Wildman–Crippen MR) is 196 cm³/mol. The molecule has 6 nitrogen and oxygen atoms in total. The number of hydrogen-bond acceptors (Lipinski definition) is 6. The first kappa shape index (κ1) is 33.1. The van der Waals surface area contributed by atoms with Gasteiger partial charge in [0.15, 0.2) is 5.41 Å². The van der Waals surface area contributed by atoms with E-state index in [2.05, 4.69) is 125 Å². The van der Waals surface area contributed by atoms with Crippen LogP contribution >= 0.6 is 8.07 Å². The lowest BCUT2D eigenvalue weighted by Crippen LogP contribution is -2.63. The summed E-state index contributed by atoms with van der Waals surface area (Å²) in [6.45, 7) is 16.6. The van der Waals surface area contributed by atoms with Crippen molar-refractivity contribution >= 4 is 54.6 Å². The molecule has 0 spiro atoms. The summed E-state index contributed by atoms with van der Waals surface area (Å²) in [5.74, 6) is -1.07. The number of carbonyl (C=O) groups excluding carboxylic acids is 2. The van der Waals surface area contributed by atoms with Crippen LogP contribution < -0.4 is 14.9 Å². The summed E-state index contributed by atoms with van der Waals surface area (Å²) in [6.07, 6.45) is 0.548. The molecule has 0 unspecified atom stereocenters. The van der Waals surface area contributed by atoms with Crippen molar-refractivity contribution in [3.8, 4) is 0 Å². The zero-order valence-corrected chi connectivity index (χ0v) is 30.1. The summed E-state index contributed by atoms with van der Waals surface area (Å²) < 4.78 is 13.3. The maximum absolute atomic E-state index is 13.4. The summed E-state index contributed by atoms with van der Waals surface area (Å²) in [5, 5.41) is 2.53. The molecule has 1 aliphatic heterocycles. The molecule has 1 aliphatic carbocycles. The Morgan fingerprint density at radius 3 is 1.87 bits per heavy atom. The SMILES string of the molecule is COC(=O)C1(C(=O)OC)Cc2c(C)c(C)c(B3N(Cc4ccccc4)c4cccc5cccc(c45)N3P(C(C)C)C(C)C)c(C)c2C1. The molecule has 244 valence electrons. The molecule has 0 atom stereocenters. The van der Waals surface area contributed by atoms with E-state index < -0.39 is 25.4 Å². The molecule has 0 fully saturated rings. The first-order valence-electron chi connectivity index (χ1n) is 16.6. The number of hydrogen-bond donors (Lipinski definition) is 0. The zero-order valence-electron chi connectivity index (χ0n) is 29.2. The average Bonchev–Trinajstić information content (AvgIpc) is 3.49. The Labute approximate surface area is 281 Å². The molecule has 2 aliphatic rings. The topological polar surface area (TPSA) is 59.1 Å². The Morgan fingerprint density at radius 2 is 1.32 bits per heavy atom. The number of esters is 2. The van der Waals surface area contributed by atoms with Crippen molar-refractivity contribution < 1.29 is 19.1 Å². The van der Waals surface area contributed by atoms with E-state index >= 15 is 0 Å². The number of rotatable bonds is 8. The number of carbonyl (C=O) groups is 2. The van der Waals surface area contributed by atoms with Crippen LogP contribution in [0.2, 0.25) is 0 Å². The maximum Gasteiger partial charge on any atom is 0.415 e. The molecule has 0 amide bonds. The van der Waals surface area contributed by atoms with Crippen LogP contribution in [0.15, 0.2) is 66.7 Å². The van der Waals surface area contributed by atoms with Gasteiger partial charge in [-0.3, -0.25) is 9.59 Å². The van der Waals surface area contributed by atoms with E-state index in [1.165, 1.54) is 53.0 Å². The van der Waals surface area contributed by atoms with Crippen LogP contribution in [0.5, 0.6) is 0 Å². The Bertz CT molecular complexity index is 1830. The van der Waals surface area contributed by atoms with Gasteiger partial charge in [0, 0.05) is 36.1 Å². The predicted octanol–water partition coefficient (Wildman–Crippen LogP) is 7.63. The van der Waals surface area contributed by atoms with E-state index in [1.807, 2.05) is 0 Å². The second-order valence-electron chi connectivity index (χ2n) is 13.7. The highest BCUT2D eigenvalue weighted by Crippen LogP contribution is 2.57. The summed E-state index contributed by atoms with van der Waals surface area (Å²) in [7, 11) is 2.05. The van der Waals surface area contributed by atoms with Gasteiger partial charge in [-0.2, -0.15) is 0 Å². The molecule has 4 aromatic carbocycles. The molecule has 0 saturated heterocycles. The second kappa shape index (κ2) is 12.7. The van der Waals surface area contributed by atoms with Crippen molar-refractivity contribution in [2.45, 2.75) is 79.2 Å². The van der Waals surface area contributed by atoms with Crippen LogP contribution in [0.1, 0.15) is 61.1 Å². The summed E-state index contributed by atoms with van der Waals surface area (Å²) in [4.78, 5) is 29.3. The Morgan fingerprint density at radius 1 is 0.766 bits per heavy atom. The minimum absolute atomic E-state index is 0.109. The van der Waals surface area contributed by atoms with Crippen LogP contribution in [0, 0.1) is 26.2 Å². The number of fused-ring (bicyclic) bond motifs is 1. The van der Waals surface area contributed by atoms with E-state index in [-0.39, 0.29) is 19.8 Å². The van der Waals surface area contributed by atoms with Gasteiger partial charge in [-0.05, 0) is 96.5 Å². The highest BCUT2D eigenvalue weighted by molar-refractivity contribution is 7.63. The first-order valence-corrected chi connectivity index (χ1v) is 18.1. The van der Waals surface area contributed by atoms with E-state index in [0.717, 1.165) is 28.8 Å². The molecule has 0 bridgehead atoms. The lowest BCUT2D eigenvalue weighted by Gasteiger charge is -2.51. The number of nitrogens with zero attached hydrogens (tertiary/aromatic N) is 2. The molecule has 0 radical (unpaired) electrons. The fourth-order valence-electron chi connectivity index (χ4n) is 8.32. The fraction of sp³-hybridized carbons (Fsp3) is 0.385. The van der Waals surface area contributed by atoms with Crippen LogP contribution in [0.3, 0.4) is 0 Å². The van der Waals surface area contributed by atoms with Gasteiger partial charge >= 0.3 is 18.9 Å². The minimum Gasteiger partial charge on any atom is -0.468 e. The molecule has 8 heteroatoms. The lowest BCUT2D eigenvalue weighted by molar-refractivity contribution is -0.168.